The molecular weight excluding hydrogens is 335 g/mol. The molecule has 2 amide bonds. The zero-order valence-electron chi connectivity index (χ0n) is 13.4. The predicted octanol–water partition coefficient (Wildman–Crippen LogP) is 1.31. The van der Waals surface area contributed by atoms with Crippen LogP contribution in [0.3, 0.4) is 0 Å². The number of likely N-dealkylation sites (tertiary alicyclic amines) is 1. The van der Waals surface area contributed by atoms with Crippen LogP contribution in [0.25, 0.3) is 0 Å². The molecule has 1 aromatic carbocycles. The molecule has 0 aliphatic carbocycles. The molecule has 0 bridgehead atoms. The van der Waals surface area contributed by atoms with Gasteiger partial charge in [0.2, 0.25) is 0 Å². The smallest absolute Gasteiger partial charge is 0.326 e. The minimum atomic E-state index is -1.49. The average Bonchev–Trinajstić information content (AvgIpc) is 2.56. The highest BCUT2D eigenvalue weighted by molar-refractivity contribution is 5.86. The number of ether oxygens (including phenoxy) is 1. The quantitative estimate of drug-likeness (QED) is 0.709. The number of hydrogen-bond donors (Lipinski definition) is 3. The van der Waals surface area contributed by atoms with Gasteiger partial charge in [0.25, 0.3) is 0 Å². The second kappa shape index (κ2) is 8.32. The van der Waals surface area contributed by atoms with E-state index in [0.717, 1.165) is 0 Å². The van der Waals surface area contributed by atoms with Crippen molar-refractivity contribution < 1.29 is 33.7 Å². The largest absolute Gasteiger partial charge is 0.487 e. The second-order valence-corrected chi connectivity index (χ2v) is 5.67. The molecule has 9 heteroatoms. The number of carbonyl (C=O) groups is 3. The molecule has 0 radical (unpaired) electrons. The van der Waals surface area contributed by atoms with Gasteiger partial charge in [-0.1, -0.05) is 12.1 Å². The second-order valence-electron chi connectivity index (χ2n) is 5.67. The van der Waals surface area contributed by atoms with Crippen LogP contribution in [0.15, 0.2) is 24.3 Å². The first-order chi connectivity index (χ1) is 11.9. The van der Waals surface area contributed by atoms with Gasteiger partial charge in [-0.2, -0.15) is 0 Å². The summed E-state index contributed by atoms with van der Waals surface area (Å²) in [6, 6.07) is 3.92. The summed E-state index contributed by atoms with van der Waals surface area (Å²) in [6.07, 6.45) is -0.0413. The number of aliphatic carboxylic acids is 2. The molecule has 1 unspecified atom stereocenters. The van der Waals surface area contributed by atoms with Crippen molar-refractivity contribution in [2.24, 2.45) is 0 Å². The van der Waals surface area contributed by atoms with Crippen LogP contribution in [-0.2, 0) is 9.59 Å². The highest BCUT2D eigenvalue weighted by Gasteiger charge is 2.28. The zero-order valence-corrected chi connectivity index (χ0v) is 13.4. The van der Waals surface area contributed by atoms with E-state index < -0.39 is 36.2 Å². The van der Waals surface area contributed by atoms with Crippen LogP contribution in [0.5, 0.6) is 5.75 Å². The van der Waals surface area contributed by atoms with Crippen molar-refractivity contribution in [3.05, 3.63) is 30.1 Å². The molecule has 1 heterocycles. The third-order valence-corrected chi connectivity index (χ3v) is 3.83. The topological polar surface area (TPSA) is 116 Å². The number of hydrogen-bond acceptors (Lipinski definition) is 4. The van der Waals surface area contributed by atoms with Crippen molar-refractivity contribution in [3.8, 4) is 5.75 Å². The minimum absolute atomic E-state index is 0.151. The van der Waals surface area contributed by atoms with E-state index in [1.165, 1.54) is 17.0 Å². The summed E-state index contributed by atoms with van der Waals surface area (Å²) in [5, 5.41) is 19.8. The van der Waals surface area contributed by atoms with Crippen molar-refractivity contribution in [3.63, 3.8) is 0 Å². The summed E-state index contributed by atoms with van der Waals surface area (Å²) in [7, 11) is 0. The molecule has 0 aromatic heterocycles. The molecule has 1 saturated heterocycles. The molecule has 1 aromatic rings. The van der Waals surface area contributed by atoms with Crippen LogP contribution in [0.2, 0.25) is 0 Å². The van der Waals surface area contributed by atoms with Gasteiger partial charge in [0.1, 0.15) is 12.1 Å². The average molecular weight is 354 g/mol. The lowest BCUT2D eigenvalue weighted by atomic mass is 10.1. The Morgan fingerprint density at radius 2 is 1.88 bits per heavy atom. The number of urea groups is 1. The zero-order chi connectivity index (χ0) is 18.4. The first-order valence-electron chi connectivity index (χ1n) is 7.78. The van der Waals surface area contributed by atoms with Gasteiger partial charge in [0.05, 0.1) is 6.42 Å². The number of carboxylic acid groups (broad SMARTS) is 2. The van der Waals surface area contributed by atoms with Gasteiger partial charge in [-0.25, -0.2) is 14.0 Å². The Labute approximate surface area is 143 Å². The van der Waals surface area contributed by atoms with Gasteiger partial charge in [0.15, 0.2) is 11.6 Å². The molecule has 8 nitrogen and oxygen atoms in total. The molecule has 2 rings (SSSR count). The fraction of sp³-hybridized carbons (Fsp3) is 0.438. The van der Waals surface area contributed by atoms with E-state index in [9.17, 15) is 18.8 Å². The SMILES string of the molecule is O=C(O)CC(NC(=O)N1CCC(Oc2ccccc2F)CC1)C(=O)O. The molecule has 1 atom stereocenters. The summed E-state index contributed by atoms with van der Waals surface area (Å²) < 4.78 is 19.2. The Kier molecular flexibility index (Phi) is 6.15. The molecule has 0 saturated carbocycles. The van der Waals surface area contributed by atoms with E-state index in [2.05, 4.69) is 5.32 Å². The van der Waals surface area contributed by atoms with E-state index >= 15 is 0 Å². The lowest BCUT2D eigenvalue weighted by molar-refractivity contribution is -0.145. The number of nitrogens with one attached hydrogen (secondary N) is 1. The van der Waals surface area contributed by atoms with Gasteiger partial charge >= 0.3 is 18.0 Å². The molecule has 3 N–H and O–H groups in total. The number of carboxylic acids is 2. The Balaban J connectivity index is 1.84. The summed E-state index contributed by atoms with van der Waals surface area (Å²) >= 11 is 0. The van der Waals surface area contributed by atoms with Gasteiger partial charge < -0.3 is 25.2 Å². The first kappa shape index (κ1) is 18.5. The highest BCUT2D eigenvalue weighted by Crippen LogP contribution is 2.21. The van der Waals surface area contributed by atoms with Crippen LogP contribution < -0.4 is 10.1 Å². The summed E-state index contributed by atoms with van der Waals surface area (Å²) in [5.74, 6) is -3.03. The number of carbonyl (C=O) groups excluding carboxylic acids is 1. The molecule has 1 fully saturated rings. The number of piperidine rings is 1. The molecule has 0 spiro atoms. The molecule has 136 valence electrons. The highest BCUT2D eigenvalue weighted by atomic mass is 19.1. The Bertz CT molecular complexity index is 645. The van der Waals surface area contributed by atoms with Crippen molar-refractivity contribution >= 4 is 18.0 Å². The third-order valence-electron chi connectivity index (χ3n) is 3.83. The maximum absolute atomic E-state index is 13.6. The predicted molar refractivity (Wildman–Crippen MR) is 83.8 cm³/mol. The molecule has 25 heavy (non-hydrogen) atoms. The summed E-state index contributed by atoms with van der Waals surface area (Å²) in [6.45, 7) is 0.592. The molecule has 1 aliphatic rings. The maximum atomic E-state index is 13.6. The number of amides is 2. The standard InChI is InChI=1S/C16H19FN2O6/c17-11-3-1-2-4-13(11)25-10-5-7-19(8-6-10)16(24)18-12(15(22)23)9-14(20)21/h1-4,10,12H,5-9H2,(H,18,24)(H,20,21)(H,22,23). The van der Waals surface area contributed by atoms with E-state index in [-0.39, 0.29) is 11.9 Å². The Hall–Kier alpha value is -2.84. The minimum Gasteiger partial charge on any atom is -0.487 e. The van der Waals surface area contributed by atoms with E-state index in [1.54, 1.807) is 12.1 Å². The molecule has 1 aliphatic heterocycles. The first-order valence-corrected chi connectivity index (χ1v) is 7.78. The normalized spacial score (nSPS) is 16.1. The molecular formula is C16H19FN2O6. The van der Waals surface area contributed by atoms with Crippen molar-refractivity contribution in [2.45, 2.75) is 31.4 Å². The van der Waals surface area contributed by atoms with Crippen LogP contribution in [0, 0.1) is 5.82 Å². The van der Waals surface area contributed by atoms with Gasteiger partial charge in [-0.15, -0.1) is 0 Å². The van der Waals surface area contributed by atoms with Crippen LogP contribution in [0.1, 0.15) is 19.3 Å². The summed E-state index contributed by atoms with van der Waals surface area (Å²) in [4.78, 5) is 35.1. The number of para-hydroxylation sites is 1. The van der Waals surface area contributed by atoms with Crippen molar-refractivity contribution in [2.75, 3.05) is 13.1 Å². The number of rotatable bonds is 6. The van der Waals surface area contributed by atoms with E-state index in [1.807, 2.05) is 0 Å². The number of benzene rings is 1. The van der Waals surface area contributed by atoms with Gasteiger partial charge in [0, 0.05) is 25.9 Å². The van der Waals surface area contributed by atoms with Crippen LogP contribution >= 0.6 is 0 Å². The lowest BCUT2D eigenvalue weighted by Crippen LogP contribution is -2.51. The number of halogens is 1. The lowest BCUT2D eigenvalue weighted by Gasteiger charge is -2.32. The Morgan fingerprint density at radius 1 is 1.24 bits per heavy atom. The van der Waals surface area contributed by atoms with E-state index in [0.29, 0.717) is 25.9 Å². The fourth-order valence-electron chi connectivity index (χ4n) is 2.51. The number of nitrogens with zero attached hydrogens (tertiary/aromatic N) is 1. The van der Waals surface area contributed by atoms with E-state index in [4.69, 9.17) is 14.9 Å². The fourth-order valence-corrected chi connectivity index (χ4v) is 2.51. The monoisotopic (exact) mass is 354 g/mol. The maximum Gasteiger partial charge on any atom is 0.326 e. The van der Waals surface area contributed by atoms with Crippen molar-refractivity contribution in [1.82, 2.24) is 10.2 Å². The van der Waals surface area contributed by atoms with Crippen LogP contribution in [-0.4, -0.2) is 58.3 Å². The van der Waals surface area contributed by atoms with Gasteiger partial charge in [-0.3, -0.25) is 4.79 Å². The third kappa shape index (κ3) is 5.33. The Morgan fingerprint density at radius 3 is 2.44 bits per heavy atom. The van der Waals surface area contributed by atoms with Crippen molar-refractivity contribution in [1.29, 1.82) is 0 Å². The summed E-state index contributed by atoms with van der Waals surface area (Å²) in [5.41, 5.74) is 0. The van der Waals surface area contributed by atoms with Gasteiger partial charge in [-0.05, 0) is 12.1 Å². The van der Waals surface area contributed by atoms with Crippen LogP contribution in [0.4, 0.5) is 9.18 Å².